The predicted molar refractivity (Wildman–Crippen MR) is 68.8 cm³/mol. The lowest BCUT2D eigenvalue weighted by Crippen LogP contribution is -2.37. The maximum absolute atomic E-state index is 11.7. The highest BCUT2D eigenvalue weighted by molar-refractivity contribution is 5.89. The molecular formula is C12H19N3O4. The molecule has 1 rings (SSSR count). The summed E-state index contributed by atoms with van der Waals surface area (Å²) in [5.74, 6) is -0.132. The zero-order chi connectivity index (χ0) is 14.4. The van der Waals surface area contributed by atoms with Gasteiger partial charge in [0.15, 0.2) is 5.82 Å². The Kier molecular flexibility index (Phi) is 5.50. The standard InChI is InChI=1S/C12H19N3O4/c1-8(2)15(7-12(17)18)5-4-11(16)13-10-6-9(3)19-14-10/h6,8H,4-5,7H2,1-3H3,(H,17,18)(H,13,14,16). The number of aromatic nitrogens is 1. The predicted octanol–water partition coefficient (Wildman–Crippen LogP) is 1.11. The van der Waals surface area contributed by atoms with E-state index in [0.29, 0.717) is 18.1 Å². The molecule has 1 aromatic rings. The summed E-state index contributed by atoms with van der Waals surface area (Å²) in [5.41, 5.74) is 0. The number of carbonyl (C=O) groups excluding carboxylic acids is 1. The van der Waals surface area contributed by atoms with Crippen molar-refractivity contribution in [3.63, 3.8) is 0 Å². The Bertz CT molecular complexity index is 442. The minimum absolute atomic E-state index is 0.0678. The second kappa shape index (κ2) is 6.89. The Balaban J connectivity index is 2.41. The fourth-order valence-electron chi connectivity index (χ4n) is 1.57. The second-order valence-electron chi connectivity index (χ2n) is 4.58. The summed E-state index contributed by atoms with van der Waals surface area (Å²) >= 11 is 0. The van der Waals surface area contributed by atoms with Crippen molar-refractivity contribution in [1.82, 2.24) is 10.1 Å². The number of hydrogen-bond donors (Lipinski definition) is 2. The van der Waals surface area contributed by atoms with Crippen molar-refractivity contribution in [2.24, 2.45) is 0 Å². The number of aryl methyl sites for hydroxylation is 1. The molecule has 1 heterocycles. The van der Waals surface area contributed by atoms with Crippen LogP contribution in [0.3, 0.4) is 0 Å². The van der Waals surface area contributed by atoms with E-state index in [2.05, 4.69) is 10.5 Å². The number of rotatable bonds is 7. The van der Waals surface area contributed by atoms with Gasteiger partial charge in [-0.25, -0.2) is 0 Å². The Morgan fingerprint density at radius 1 is 1.53 bits per heavy atom. The third-order valence-electron chi connectivity index (χ3n) is 2.59. The van der Waals surface area contributed by atoms with Crippen LogP contribution in [-0.4, -0.2) is 46.2 Å². The first kappa shape index (κ1) is 15.2. The van der Waals surface area contributed by atoms with Crippen molar-refractivity contribution in [2.75, 3.05) is 18.4 Å². The molecule has 0 aliphatic rings. The molecule has 1 amide bonds. The van der Waals surface area contributed by atoms with Gasteiger partial charge in [0.05, 0.1) is 6.54 Å². The van der Waals surface area contributed by atoms with Crippen molar-refractivity contribution in [2.45, 2.75) is 33.2 Å². The molecule has 0 saturated carbocycles. The number of nitrogens with one attached hydrogen (secondary N) is 1. The number of anilines is 1. The fraction of sp³-hybridized carbons (Fsp3) is 0.583. The van der Waals surface area contributed by atoms with E-state index in [1.54, 1.807) is 17.9 Å². The summed E-state index contributed by atoms with van der Waals surface area (Å²) in [5, 5.41) is 15.0. The fourth-order valence-corrected chi connectivity index (χ4v) is 1.57. The van der Waals surface area contributed by atoms with Gasteiger partial charge in [0.25, 0.3) is 0 Å². The van der Waals surface area contributed by atoms with Gasteiger partial charge in [0, 0.05) is 25.1 Å². The van der Waals surface area contributed by atoms with E-state index >= 15 is 0 Å². The maximum Gasteiger partial charge on any atom is 0.317 e. The van der Waals surface area contributed by atoms with Crippen LogP contribution in [0.15, 0.2) is 10.6 Å². The SMILES string of the molecule is Cc1cc(NC(=O)CCN(CC(=O)O)C(C)C)no1. The van der Waals surface area contributed by atoms with Crippen molar-refractivity contribution in [3.05, 3.63) is 11.8 Å². The van der Waals surface area contributed by atoms with Gasteiger partial charge in [-0.2, -0.15) is 0 Å². The molecule has 0 radical (unpaired) electrons. The molecule has 106 valence electrons. The molecule has 7 heteroatoms. The third-order valence-corrected chi connectivity index (χ3v) is 2.59. The first-order chi connectivity index (χ1) is 8.88. The minimum Gasteiger partial charge on any atom is -0.480 e. The molecule has 0 bridgehead atoms. The van der Waals surface area contributed by atoms with Crippen LogP contribution in [0.5, 0.6) is 0 Å². The molecule has 0 saturated heterocycles. The number of carboxylic acid groups (broad SMARTS) is 1. The second-order valence-corrected chi connectivity index (χ2v) is 4.58. The molecule has 0 atom stereocenters. The summed E-state index contributed by atoms with van der Waals surface area (Å²) in [6, 6.07) is 1.69. The van der Waals surface area contributed by atoms with Crippen molar-refractivity contribution >= 4 is 17.7 Å². The first-order valence-corrected chi connectivity index (χ1v) is 6.07. The summed E-state index contributed by atoms with van der Waals surface area (Å²) in [6.45, 7) is 5.82. The van der Waals surface area contributed by atoms with E-state index in [9.17, 15) is 9.59 Å². The summed E-state index contributed by atoms with van der Waals surface area (Å²) in [6.07, 6.45) is 0.206. The van der Waals surface area contributed by atoms with Crippen LogP contribution in [0.4, 0.5) is 5.82 Å². The number of aliphatic carboxylic acids is 1. The lowest BCUT2D eigenvalue weighted by atomic mass is 10.2. The van der Waals surface area contributed by atoms with Crippen LogP contribution in [0.2, 0.25) is 0 Å². The van der Waals surface area contributed by atoms with Gasteiger partial charge in [0.2, 0.25) is 5.91 Å². The van der Waals surface area contributed by atoms with Gasteiger partial charge in [-0.1, -0.05) is 5.16 Å². The summed E-state index contributed by atoms with van der Waals surface area (Å²) in [7, 11) is 0. The lowest BCUT2D eigenvalue weighted by molar-refractivity contribution is -0.139. The molecule has 19 heavy (non-hydrogen) atoms. The van der Waals surface area contributed by atoms with Crippen LogP contribution in [0.1, 0.15) is 26.0 Å². The van der Waals surface area contributed by atoms with E-state index in [0.717, 1.165) is 0 Å². The molecule has 0 unspecified atom stereocenters. The molecule has 2 N–H and O–H groups in total. The zero-order valence-corrected chi connectivity index (χ0v) is 11.3. The molecule has 7 nitrogen and oxygen atoms in total. The minimum atomic E-state index is -0.902. The van der Waals surface area contributed by atoms with Gasteiger partial charge < -0.3 is 14.9 Å². The van der Waals surface area contributed by atoms with Crippen LogP contribution >= 0.6 is 0 Å². The van der Waals surface area contributed by atoms with Crippen molar-refractivity contribution in [1.29, 1.82) is 0 Å². The van der Waals surface area contributed by atoms with Gasteiger partial charge in [-0.15, -0.1) is 0 Å². The molecule has 0 fully saturated rings. The Morgan fingerprint density at radius 3 is 2.68 bits per heavy atom. The smallest absolute Gasteiger partial charge is 0.317 e. The number of carboxylic acids is 1. The largest absolute Gasteiger partial charge is 0.480 e. The Hall–Kier alpha value is -1.89. The van der Waals surface area contributed by atoms with Crippen LogP contribution in [-0.2, 0) is 9.59 Å². The summed E-state index contributed by atoms with van der Waals surface area (Å²) in [4.78, 5) is 24.1. The molecule has 1 aromatic heterocycles. The average Bonchev–Trinajstić information content (AvgIpc) is 2.69. The van der Waals surface area contributed by atoms with Crippen molar-refractivity contribution in [3.8, 4) is 0 Å². The number of hydrogen-bond acceptors (Lipinski definition) is 5. The average molecular weight is 269 g/mol. The van der Waals surface area contributed by atoms with E-state index < -0.39 is 5.97 Å². The van der Waals surface area contributed by atoms with Crippen molar-refractivity contribution < 1.29 is 19.2 Å². The highest BCUT2D eigenvalue weighted by atomic mass is 16.5. The van der Waals surface area contributed by atoms with Crippen LogP contribution < -0.4 is 5.32 Å². The van der Waals surface area contributed by atoms with Gasteiger partial charge in [-0.3, -0.25) is 14.5 Å². The number of amides is 1. The topological polar surface area (TPSA) is 95.7 Å². The molecule has 0 spiro atoms. The normalized spacial score (nSPS) is 11.0. The first-order valence-electron chi connectivity index (χ1n) is 6.07. The van der Waals surface area contributed by atoms with E-state index in [-0.39, 0.29) is 24.9 Å². The van der Waals surface area contributed by atoms with E-state index in [1.165, 1.54) is 0 Å². The lowest BCUT2D eigenvalue weighted by Gasteiger charge is -2.23. The quantitative estimate of drug-likeness (QED) is 0.769. The molecule has 0 aliphatic carbocycles. The van der Waals surface area contributed by atoms with E-state index in [1.807, 2.05) is 13.8 Å². The Labute approximate surface area is 111 Å². The molecule has 0 aliphatic heterocycles. The molecular weight excluding hydrogens is 250 g/mol. The zero-order valence-electron chi connectivity index (χ0n) is 11.3. The maximum atomic E-state index is 11.7. The molecule has 0 aromatic carbocycles. The Morgan fingerprint density at radius 2 is 2.21 bits per heavy atom. The third kappa shape index (κ3) is 5.52. The van der Waals surface area contributed by atoms with E-state index in [4.69, 9.17) is 9.63 Å². The summed E-state index contributed by atoms with van der Waals surface area (Å²) < 4.78 is 4.83. The van der Waals surface area contributed by atoms with Gasteiger partial charge >= 0.3 is 5.97 Å². The van der Waals surface area contributed by atoms with Gasteiger partial charge in [0.1, 0.15) is 5.76 Å². The number of carbonyl (C=O) groups is 2. The monoisotopic (exact) mass is 269 g/mol. The van der Waals surface area contributed by atoms with Crippen LogP contribution in [0, 0.1) is 6.92 Å². The number of nitrogens with zero attached hydrogens (tertiary/aromatic N) is 2. The van der Waals surface area contributed by atoms with Crippen LogP contribution in [0.25, 0.3) is 0 Å². The highest BCUT2D eigenvalue weighted by Crippen LogP contribution is 2.08. The van der Waals surface area contributed by atoms with Gasteiger partial charge in [-0.05, 0) is 20.8 Å². The highest BCUT2D eigenvalue weighted by Gasteiger charge is 2.15.